The van der Waals surface area contributed by atoms with Gasteiger partial charge in [-0.25, -0.2) is 0 Å². The Morgan fingerprint density at radius 1 is 1.53 bits per heavy atom. The third-order valence-electron chi connectivity index (χ3n) is 3.10. The third-order valence-corrected chi connectivity index (χ3v) is 3.56. The van der Waals surface area contributed by atoms with E-state index in [1.54, 1.807) is 0 Å². The second-order valence-corrected chi connectivity index (χ2v) is 4.75. The molecule has 0 radical (unpaired) electrons. The monoisotopic (exact) mass is 229 g/mol. The molecule has 1 N–H and O–H groups in total. The summed E-state index contributed by atoms with van der Waals surface area (Å²) in [7, 11) is 2.04. The molecule has 2 atom stereocenters. The van der Waals surface area contributed by atoms with Crippen LogP contribution in [-0.4, -0.2) is 23.3 Å². The van der Waals surface area contributed by atoms with Crippen LogP contribution in [0.5, 0.6) is 0 Å². The molecule has 4 heteroatoms. The zero-order valence-electron chi connectivity index (χ0n) is 10.0. The maximum atomic E-state index is 4.37. The largest absolute Gasteiger partial charge is 0.332 e. The molecule has 0 amide bonds. The SMILES string of the molecule is CCCCC(CC)CC1=NNC(S)N1C. The Bertz CT molecular complexity index is 218. The van der Waals surface area contributed by atoms with Crippen LogP contribution >= 0.6 is 12.6 Å². The van der Waals surface area contributed by atoms with Crippen molar-refractivity contribution in [1.82, 2.24) is 10.3 Å². The highest BCUT2D eigenvalue weighted by atomic mass is 32.1. The van der Waals surface area contributed by atoms with Gasteiger partial charge < -0.3 is 4.90 Å². The average molecular weight is 229 g/mol. The summed E-state index contributed by atoms with van der Waals surface area (Å²) in [5.74, 6) is 1.92. The molecule has 1 aliphatic heterocycles. The molecule has 3 nitrogen and oxygen atoms in total. The van der Waals surface area contributed by atoms with Crippen LogP contribution in [0.3, 0.4) is 0 Å². The molecule has 0 saturated carbocycles. The molecule has 0 aromatic carbocycles. The molecule has 2 unspecified atom stereocenters. The molecule has 0 aromatic heterocycles. The summed E-state index contributed by atoms with van der Waals surface area (Å²) in [6, 6.07) is 0. The van der Waals surface area contributed by atoms with Crippen LogP contribution < -0.4 is 5.43 Å². The second-order valence-electron chi connectivity index (χ2n) is 4.26. The molecule has 0 aromatic rings. The Hall–Kier alpha value is -0.380. The summed E-state index contributed by atoms with van der Waals surface area (Å²) < 4.78 is 0. The van der Waals surface area contributed by atoms with Gasteiger partial charge in [-0.3, -0.25) is 5.43 Å². The number of rotatable bonds is 6. The van der Waals surface area contributed by atoms with Crippen LogP contribution in [0.4, 0.5) is 0 Å². The lowest BCUT2D eigenvalue weighted by molar-refractivity contribution is 0.424. The molecule has 0 spiro atoms. The first-order valence-electron chi connectivity index (χ1n) is 5.92. The van der Waals surface area contributed by atoms with Crippen molar-refractivity contribution in [3.8, 4) is 0 Å². The molecule has 0 saturated heterocycles. The van der Waals surface area contributed by atoms with E-state index in [4.69, 9.17) is 0 Å². The number of nitrogens with one attached hydrogen (secondary N) is 1. The van der Waals surface area contributed by atoms with Crippen LogP contribution in [0.15, 0.2) is 5.10 Å². The Morgan fingerprint density at radius 3 is 2.73 bits per heavy atom. The van der Waals surface area contributed by atoms with Crippen molar-refractivity contribution >= 4 is 18.5 Å². The number of hydrogen-bond acceptors (Lipinski definition) is 4. The summed E-state index contributed by atoms with van der Waals surface area (Å²) in [6.45, 7) is 4.51. The summed E-state index contributed by atoms with van der Waals surface area (Å²) >= 11 is 4.37. The number of hydrazone groups is 1. The van der Waals surface area contributed by atoms with Crippen molar-refractivity contribution in [3.63, 3.8) is 0 Å². The smallest absolute Gasteiger partial charge is 0.161 e. The maximum absolute atomic E-state index is 4.37. The van der Waals surface area contributed by atoms with Gasteiger partial charge in [-0.2, -0.15) is 5.10 Å². The van der Waals surface area contributed by atoms with Crippen LogP contribution in [0.25, 0.3) is 0 Å². The summed E-state index contributed by atoms with van der Waals surface area (Å²) in [5, 5.41) is 4.31. The Balaban J connectivity index is 2.38. The van der Waals surface area contributed by atoms with Gasteiger partial charge in [0.1, 0.15) is 5.84 Å². The van der Waals surface area contributed by atoms with Crippen LogP contribution in [0.1, 0.15) is 46.0 Å². The molecule has 88 valence electrons. The van der Waals surface area contributed by atoms with Gasteiger partial charge in [0, 0.05) is 13.5 Å². The van der Waals surface area contributed by atoms with Gasteiger partial charge in [-0.15, -0.1) is 12.6 Å². The van der Waals surface area contributed by atoms with E-state index >= 15 is 0 Å². The number of nitrogens with zero attached hydrogens (tertiary/aromatic N) is 2. The van der Waals surface area contributed by atoms with Crippen LogP contribution in [0, 0.1) is 5.92 Å². The van der Waals surface area contributed by atoms with E-state index in [2.05, 4.69) is 41.9 Å². The molecule has 1 aliphatic rings. The highest BCUT2D eigenvalue weighted by Gasteiger charge is 2.22. The molecule has 0 bridgehead atoms. The third kappa shape index (κ3) is 3.59. The summed E-state index contributed by atoms with van der Waals surface area (Å²) in [5.41, 5.74) is 3.04. The number of unbranched alkanes of at least 4 members (excludes halogenated alkanes) is 1. The van der Waals surface area contributed by atoms with E-state index in [1.807, 2.05) is 7.05 Å². The first-order valence-corrected chi connectivity index (χ1v) is 6.43. The van der Waals surface area contributed by atoms with Gasteiger partial charge in [0.15, 0.2) is 5.50 Å². The maximum Gasteiger partial charge on any atom is 0.161 e. The standard InChI is InChI=1S/C11H23N3S/c1-4-6-7-9(5-2)8-10-12-13-11(15)14(10)3/h9,11,13,15H,4-8H2,1-3H3. The van der Waals surface area contributed by atoms with E-state index in [9.17, 15) is 0 Å². The lowest BCUT2D eigenvalue weighted by Crippen LogP contribution is -2.33. The quantitative estimate of drug-likeness (QED) is 0.685. The minimum atomic E-state index is 0.0590. The van der Waals surface area contributed by atoms with Crippen molar-refractivity contribution in [1.29, 1.82) is 0 Å². The Labute approximate surface area is 98.7 Å². The van der Waals surface area contributed by atoms with Crippen molar-refractivity contribution in [2.24, 2.45) is 11.0 Å². The molecular weight excluding hydrogens is 206 g/mol. The van der Waals surface area contributed by atoms with E-state index in [-0.39, 0.29) is 5.50 Å². The number of hydrogen-bond donors (Lipinski definition) is 2. The normalized spacial score (nSPS) is 22.5. The molecular formula is C11H23N3S. The topological polar surface area (TPSA) is 27.6 Å². The summed E-state index contributed by atoms with van der Waals surface area (Å²) in [4.78, 5) is 2.11. The fourth-order valence-electron chi connectivity index (χ4n) is 1.83. The summed E-state index contributed by atoms with van der Waals surface area (Å²) in [6.07, 6.45) is 6.25. The molecule has 1 heterocycles. The van der Waals surface area contributed by atoms with Crippen molar-refractivity contribution in [2.45, 2.75) is 51.4 Å². The first kappa shape index (κ1) is 12.7. The minimum absolute atomic E-state index is 0.0590. The molecule has 1 rings (SSSR count). The lowest BCUT2D eigenvalue weighted by Gasteiger charge is -2.21. The van der Waals surface area contributed by atoms with Gasteiger partial charge in [-0.05, 0) is 5.92 Å². The molecule has 15 heavy (non-hydrogen) atoms. The van der Waals surface area contributed by atoms with Crippen molar-refractivity contribution in [2.75, 3.05) is 7.05 Å². The molecule has 0 aliphatic carbocycles. The highest BCUT2D eigenvalue weighted by molar-refractivity contribution is 7.80. The van der Waals surface area contributed by atoms with E-state index < -0.39 is 0 Å². The van der Waals surface area contributed by atoms with E-state index in [0.29, 0.717) is 0 Å². The predicted octanol–water partition coefficient (Wildman–Crippen LogP) is 2.65. The van der Waals surface area contributed by atoms with Crippen LogP contribution in [-0.2, 0) is 0 Å². The number of thiol groups is 1. The van der Waals surface area contributed by atoms with Gasteiger partial charge in [0.25, 0.3) is 0 Å². The van der Waals surface area contributed by atoms with Gasteiger partial charge in [0.05, 0.1) is 0 Å². The Morgan fingerprint density at radius 2 is 2.27 bits per heavy atom. The lowest BCUT2D eigenvalue weighted by atomic mass is 9.95. The average Bonchev–Trinajstić information content (AvgIpc) is 2.55. The highest BCUT2D eigenvalue weighted by Crippen LogP contribution is 2.20. The minimum Gasteiger partial charge on any atom is -0.332 e. The van der Waals surface area contributed by atoms with E-state index in [0.717, 1.165) is 18.2 Å². The van der Waals surface area contributed by atoms with Crippen molar-refractivity contribution in [3.05, 3.63) is 0 Å². The Kier molecular flexibility index (Phi) is 5.29. The zero-order chi connectivity index (χ0) is 11.3. The van der Waals surface area contributed by atoms with Gasteiger partial charge in [0.2, 0.25) is 0 Å². The zero-order valence-corrected chi connectivity index (χ0v) is 10.9. The fourth-order valence-corrected chi connectivity index (χ4v) is 2.02. The fraction of sp³-hybridized carbons (Fsp3) is 0.909. The predicted molar refractivity (Wildman–Crippen MR) is 69.0 cm³/mol. The van der Waals surface area contributed by atoms with E-state index in [1.165, 1.54) is 25.7 Å². The van der Waals surface area contributed by atoms with Gasteiger partial charge >= 0.3 is 0 Å². The first-order chi connectivity index (χ1) is 7.19. The molecule has 0 fully saturated rings. The second kappa shape index (κ2) is 6.26. The van der Waals surface area contributed by atoms with Gasteiger partial charge in [-0.1, -0.05) is 39.5 Å². The van der Waals surface area contributed by atoms with Crippen LogP contribution in [0.2, 0.25) is 0 Å². The van der Waals surface area contributed by atoms with Crippen molar-refractivity contribution < 1.29 is 0 Å². The number of amidine groups is 1.